The molecule has 1 heterocycles. The normalized spacial score (nSPS) is 14.1. The highest BCUT2D eigenvalue weighted by Gasteiger charge is 2.11. The Morgan fingerprint density at radius 1 is 1.20 bits per heavy atom. The fraction of sp³-hybridized carbons (Fsp3) is 0.154. The Morgan fingerprint density at radius 3 is 3.00 bits per heavy atom. The summed E-state index contributed by atoms with van der Waals surface area (Å²) in [7, 11) is 0. The van der Waals surface area contributed by atoms with Crippen LogP contribution in [0, 0.1) is 0 Å². The van der Waals surface area contributed by atoms with Crippen LogP contribution in [0.1, 0.15) is 17.5 Å². The highest BCUT2D eigenvalue weighted by atomic mass is 16.1. The van der Waals surface area contributed by atoms with E-state index in [1.807, 2.05) is 24.3 Å². The number of rotatable bonds is 0. The molecule has 2 nitrogen and oxygen atoms in total. The number of aryl methyl sites for hydroxylation is 1. The smallest absolute Gasteiger partial charge is 0.255 e. The van der Waals surface area contributed by atoms with E-state index in [1.54, 1.807) is 0 Å². The molecule has 0 fully saturated rings. The fourth-order valence-electron chi connectivity index (χ4n) is 2.20. The first-order valence-electron chi connectivity index (χ1n) is 5.17. The number of H-pyrrole nitrogens is 1. The molecular weight excluding hydrogens is 186 g/mol. The molecule has 0 amide bonds. The molecule has 3 rings (SSSR count). The van der Waals surface area contributed by atoms with E-state index in [0.29, 0.717) is 0 Å². The van der Waals surface area contributed by atoms with Crippen molar-refractivity contribution < 1.29 is 0 Å². The molecule has 0 atom stereocenters. The van der Waals surface area contributed by atoms with E-state index in [9.17, 15) is 4.79 Å². The summed E-state index contributed by atoms with van der Waals surface area (Å²) in [6.45, 7) is 0. The summed E-state index contributed by atoms with van der Waals surface area (Å²) in [5.74, 6) is 0. The summed E-state index contributed by atoms with van der Waals surface area (Å²) in [6.07, 6.45) is 5.99. The Labute approximate surface area is 87.3 Å². The van der Waals surface area contributed by atoms with Gasteiger partial charge in [0.15, 0.2) is 0 Å². The molecule has 0 radical (unpaired) electrons. The van der Waals surface area contributed by atoms with E-state index in [-0.39, 0.29) is 5.56 Å². The van der Waals surface area contributed by atoms with Gasteiger partial charge >= 0.3 is 0 Å². The van der Waals surface area contributed by atoms with Crippen molar-refractivity contribution in [2.75, 3.05) is 0 Å². The lowest BCUT2D eigenvalue weighted by molar-refractivity contribution is 0.985. The Hall–Kier alpha value is -1.83. The van der Waals surface area contributed by atoms with Crippen LogP contribution in [0.15, 0.2) is 35.1 Å². The number of benzene rings is 1. The van der Waals surface area contributed by atoms with Crippen LogP contribution in [-0.4, -0.2) is 4.98 Å². The SMILES string of the molecule is O=c1[nH]c2ccccc2c2c1C=CCC2. The van der Waals surface area contributed by atoms with Crippen LogP contribution in [0.2, 0.25) is 0 Å². The predicted molar refractivity (Wildman–Crippen MR) is 61.9 cm³/mol. The molecule has 74 valence electrons. The van der Waals surface area contributed by atoms with Gasteiger partial charge in [-0.2, -0.15) is 0 Å². The number of hydrogen-bond donors (Lipinski definition) is 1. The lowest BCUT2D eigenvalue weighted by atomic mass is 9.95. The molecule has 1 aliphatic carbocycles. The molecule has 0 aliphatic heterocycles. The molecule has 1 aliphatic rings. The number of allylic oxidation sites excluding steroid dienone is 1. The van der Waals surface area contributed by atoms with E-state index < -0.39 is 0 Å². The third-order valence-electron chi connectivity index (χ3n) is 2.92. The molecule has 1 aromatic heterocycles. The quantitative estimate of drug-likeness (QED) is 0.691. The number of para-hydroxylation sites is 1. The Balaban J connectivity index is 2.51. The summed E-state index contributed by atoms with van der Waals surface area (Å²) >= 11 is 0. The summed E-state index contributed by atoms with van der Waals surface area (Å²) < 4.78 is 0. The van der Waals surface area contributed by atoms with Crippen LogP contribution in [0.4, 0.5) is 0 Å². The molecule has 1 aromatic carbocycles. The van der Waals surface area contributed by atoms with Crippen LogP contribution in [0.3, 0.4) is 0 Å². The monoisotopic (exact) mass is 197 g/mol. The first kappa shape index (κ1) is 8.48. The molecule has 0 spiro atoms. The first-order chi connectivity index (χ1) is 7.36. The molecule has 0 unspecified atom stereocenters. The van der Waals surface area contributed by atoms with E-state index in [2.05, 4.69) is 17.1 Å². The van der Waals surface area contributed by atoms with Crippen molar-refractivity contribution in [1.82, 2.24) is 4.98 Å². The van der Waals surface area contributed by atoms with Gasteiger partial charge in [-0.25, -0.2) is 0 Å². The minimum absolute atomic E-state index is 0.0275. The third kappa shape index (κ3) is 1.22. The first-order valence-corrected chi connectivity index (χ1v) is 5.17. The Kier molecular flexibility index (Phi) is 1.75. The van der Waals surface area contributed by atoms with Gasteiger partial charge < -0.3 is 4.98 Å². The van der Waals surface area contributed by atoms with Gasteiger partial charge in [-0.15, -0.1) is 0 Å². The molecule has 15 heavy (non-hydrogen) atoms. The van der Waals surface area contributed by atoms with Gasteiger partial charge in [0, 0.05) is 16.5 Å². The second-order valence-corrected chi connectivity index (χ2v) is 3.83. The summed E-state index contributed by atoms with van der Waals surface area (Å²) in [5.41, 5.74) is 2.99. The average Bonchev–Trinajstić information content (AvgIpc) is 2.30. The number of pyridine rings is 1. The van der Waals surface area contributed by atoms with Crippen LogP contribution in [0.5, 0.6) is 0 Å². The van der Waals surface area contributed by atoms with E-state index >= 15 is 0 Å². The van der Waals surface area contributed by atoms with Crippen molar-refractivity contribution in [2.45, 2.75) is 12.8 Å². The third-order valence-corrected chi connectivity index (χ3v) is 2.92. The minimum atomic E-state index is 0.0275. The van der Waals surface area contributed by atoms with Gasteiger partial charge in [0.1, 0.15) is 0 Å². The van der Waals surface area contributed by atoms with Crippen LogP contribution in [0.25, 0.3) is 17.0 Å². The van der Waals surface area contributed by atoms with Crippen LogP contribution >= 0.6 is 0 Å². The number of nitrogens with one attached hydrogen (secondary N) is 1. The molecule has 0 bridgehead atoms. The zero-order valence-corrected chi connectivity index (χ0v) is 8.29. The van der Waals surface area contributed by atoms with Gasteiger partial charge in [0.25, 0.3) is 5.56 Å². The molecule has 2 aromatic rings. The van der Waals surface area contributed by atoms with Gasteiger partial charge in [0.05, 0.1) is 0 Å². The lowest BCUT2D eigenvalue weighted by Gasteiger charge is -2.12. The highest BCUT2D eigenvalue weighted by molar-refractivity contribution is 5.85. The highest BCUT2D eigenvalue weighted by Crippen LogP contribution is 2.23. The number of aromatic amines is 1. The van der Waals surface area contributed by atoms with Gasteiger partial charge in [-0.1, -0.05) is 30.4 Å². The van der Waals surface area contributed by atoms with E-state index in [4.69, 9.17) is 0 Å². The van der Waals surface area contributed by atoms with Crippen LogP contribution < -0.4 is 5.56 Å². The molecule has 0 saturated heterocycles. The van der Waals surface area contributed by atoms with Crippen molar-refractivity contribution in [3.63, 3.8) is 0 Å². The maximum atomic E-state index is 11.8. The summed E-state index contributed by atoms with van der Waals surface area (Å²) in [6, 6.07) is 7.99. The molecule has 2 heteroatoms. The van der Waals surface area contributed by atoms with Crippen molar-refractivity contribution in [2.24, 2.45) is 0 Å². The van der Waals surface area contributed by atoms with Crippen molar-refractivity contribution >= 4 is 17.0 Å². The van der Waals surface area contributed by atoms with Crippen molar-refractivity contribution in [1.29, 1.82) is 0 Å². The minimum Gasteiger partial charge on any atom is -0.321 e. The van der Waals surface area contributed by atoms with E-state index in [1.165, 1.54) is 10.9 Å². The maximum absolute atomic E-state index is 11.8. The predicted octanol–water partition coefficient (Wildman–Crippen LogP) is 2.49. The standard InChI is InChI=1S/C13H11NO/c15-13-11-7-2-1-5-9(11)10-6-3-4-8-12(10)14-13/h2-4,6-8H,1,5H2,(H,14,15). The lowest BCUT2D eigenvalue weighted by Crippen LogP contribution is -2.14. The van der Waals surface area contributed by atoms with Gasteiger partial charge in [-0.05, 0) is 24.5 Å². The number of aromatic nitrogens is 1. The number of fused-ring (bicyclic) bond motifs is 3. The topological polar surface area (TPSA) is 32.9 Å². The fourth-order valence-corrected chi connectivity index (χ4v) is 2.20. The summed E-state index contributed by atoms with van der Waals surface area (Å²) in [4.78, 5) is 14.7. The van der Waals surface area contributed by atoms with Gasteiger partial charge in [-0.3, -0.25) is 4.79 Å². The average molecular weight is 197 g/mol. The summed E-state index contributed by atoms with van der Waals surface area (Å²) in [5, 5.41) is 1.18. The molecule has 1 N–H and O–H groups in total. The van der Waals surface area contributed by atoms with Crippen LogP contribution in [-0.2, 0) is 6.42 Å². The van der Waals surface area contributed by atoms with Gasteiger partial charge in [0.2, 0.25) is 0 Å². The molecule has 0 saturated carbocycles. The maximum Gasteiger partial charge on any atom is 0.255 e. The van der Waals surface area contributed by atoms with Crippen molar-refractivity contribution in [3.8, 4) is 0 Å². The van der Waals surface area contributed by atoms with Crippen molar-refractivity contribution in [3.05, 3.63) is 51.8 Å². The molecular formula is C13H11NO. The second kappa shape index (κ2) is 3.09. The Morgan fingerprint density at radius 2 is 2.07 bits per heavy atom. The zero-order chi connectivity index (χ0) is 10.3. The second-order valence-electron chi connectivity index (χ2n) is 3.83. The largest absolute Gasteiger partial charge is 0.321 e. The zero-order valence-electron chi connectivity index (χ0n) is 8.29. The Bertz CT molecular complexity index is 607. The number of hydrogen-bond acceptors (Lipinski definition) is 1. The van der Waals surface area contributed by atoms with E-state index in [0.717, 1.165) is 23.9 Å².